The first-order valence-corrected chi connectivity index (χ1v) is 9.25. The Morgan fingerprint density at radius 1 is 1.14 bits per heavy atom. The van der Waals surface area contributed by atoms with Gasteiger partial charge in [0.1, 0.15) is 5.54 Å². The van der Waals surface area contributed by atoms with Crippen molar-refractivity contribution in [2.45, 2.75) is 58.6 Å². The SMILES string of the molecule is CC(C)c1ccc(NC(=O)[C@H](C)OC(=O)CCN2C(=O)NC(C)(C)C2=O)cc1. The average molecular weight is 389 g/mol. The van der Waals surface area contributed by atoms with E-state index < -0.39 is 35.5 Å². The molecule has 0 spiro atoms. The Hall–Kier alpha value is -2.90. The second kappa shape index (κ2) is 8.41. The maximum absolute atomic E-state index is 12.2. The van der Waals surface area contributed by atoms with Crippen molar-refractivity contribution in [2.75, 3.05) is 11.9 Å². The fourth-order valence-electron chi connectivity index (χ4n) is 2.73. The van der Waals surface area contributed by atoms with Crippen molar-refractivity contribution in [2.24, 2.45) is 0 Å². The minimum Gasteiger partial charge on any atom is -0.452 e. The van der Waals surface area contributed by atoms with Crippen LogP contribution in [-0.4, -0.2) is 46.9 Å². The summed E-state index contributed by atoms with van der Waals surface area (Å²) in [6.07, 6.45) is -1.19. The largest absolute Gasteiger partial charge is 0.452 e. The minimum absolute atomic E-state index is 0.0993. The van der Waals surface area contributed by atoms with Gasteiger partial charge in [-0.15, -0.1) is 0 Å². The van der Waals surface area contributed by atoms with E-state index in [4.69, 9.17) is 4.74 Å². The number of benzene rings is 1. The lowest BCUT2D eigenvalue weighted by Gasteiger charge is -2.17. The fourth-order valence-corrected chi connectivity index (χ4v) is 2.73. The average Bonchev–Trinajstić information content (AvgIpc) is 2.80. The van der Waals surface area contributed by atoms with Gasteiger partial charge in [-0.2, -0.15) is 0 Å². The summed E-state index contributed by atoms with van der Waals surface area (Å²) in [5, 5.41) is 5.23. The molecule has 0 saturated carbocycles. The van der Waals surface area contributed by atoms with Crippen molar-refractivity contribution in [1.82, 2.24) is 10.2 Å². The van der Waals surface area contributed by atoms with Crippen molar-refractivity contribution in [3.05, 3.63) is 29.8 Å². The number of nitrogens with one attached hydrogen (secondary N) is 2. The number of esters is 1. The molecule has 4 amide bonds. The third kappa shape index (κ3) is 5.09. The molecule has 0 aliphatic carbocycles. The first kappa shape index (κ1) is 21.4. The van der Waals surface area contributed by atoms with Gasteiger partial charge < -0.3 is 15.4 Å². The molecule has 2 rings (SSSR count). The van der Waals surface area contributed by atoms with Gasteiger partial charge in [0, 0.05) is 12.2 Å². The third-order valence-electron chi connectivity index (χ3n) is 4.51. The summed E-state index contributed by atoms with van der Waals surface area (Å²) < 4.78 is 5.11. The lowest BCUT2D eigenvalue weighted by Crippen LogP contribution is -2.40. The predicted octanol–water partition coefficient (Wildman–Crippen LogP) is 2.40. The Morgan fingerprint density at radius 2 is 1.75 bits per heavy atom. The van der Waals surface area contributed by atoms with Crippen molar-refractivity contribution in [3.63, 3.8) is 0 Å². The number of urea groups is 1. The highest BCUT2D eigenvalue weighted by Gasteiger charge is 2.44. The van der Waals surface area contributed by atoms with Gasteiger partial charge in [-0.3, -0.25) is 19.3 Å². The first-order chi connectivity index (χ1) is 13.0. The van der Waals surface area contributed by atoms with Gasteiger partial charge in [0.25, 0.3) is 11.8 Å². The highest BCUT2D eigenvalue weighted by molar-refractivity contribution is 6.06. The van der Waals surface area contributed by atoms with Crippen LogP contribution in [0.1, 0.15) is 52.5 Å². The Bertz CT molecular complexity index is 771. The number of amides is 4. The van der Waals surface area contributed by atoms with E-state index in [9.17, 15) is 19.2 Å². The quantitative estimate of drug-likeness (QED) is 0.550. The number of anilines is 1. The summed E-state index contributed by atoms with van der Waals surface area (Å²) in [6, 6.07) is 6.90. The molecule has 1 aromatic rings. The van der Waals surface area contributed by atoms with Gasteiger partial charge in [-0.1, -0.05) is 26.0 Å². The number of rotatable bonds is 7. The summed E-state index contributed by atoms with van der Waals surface area (Å²) >= 11 is 0. The molecule has 1 atom stereocenters. The number of hydrogen-bond acceptors (Lipinski definition) is 5. The Morgan fingerprint density at radius 3 is 2.25 bits per heavy atom. The zero-order valence-electron chi connectivity index (χ0n) is 16.9. The number of hydrogen-bond donors (Lipinski definition) is 2. The number of carbonyl (C=O) groups is 4. The highest BCUT2D eigenvalue weighted by Crippen LogP contribution is 2.18. The van der Waals surface area contributed by atoms with Crippen LogP contribution in [0.25, 0.3) is 0 Å². The van der Waals surface area contributed by atoms with Crippen LogP contribution >= 0.6 is 0 Å². The van der Waals surface area contributed by atoms with Crippen LogP contribution in [0.15, 0.2) is 24.3 Å². The molecule has 1 heterocycles. The lowest BCUT2D eigenvalue weighted by molar-refractivity contribution is -0.153. The Labute approximate surface area is 164 Å². The monoisotopic (exact) mass is 389 g/mol. The molecule has 1 aliphatic heterocycles. The smallest absolute Gasteiger partial charge is 0.325 e. The summed E-state index contributed by atoms with van der Waals surface area (Å²) in [5.74, 6) is -1.13. The number of imide groups is 1. The van der Waals surface area contributed by atoms with E-state index in [-0.39, 0.29) is 13.0 Å². The van der Waals surface area contributed by atoms with Crippen molar-refractivity contribution >= 4 is 29.5 Å². The lowest BCUT2D eigenvalue weighted by atomic mass is 10.0. The van der Waals surface area contributed by atoms with Gasteiger partial charge >= 0.3 is 12.0 Å². The van der Waals surface area contributed by atoms with Crippen LogP contribution in [0, 0.1) is 0 Å². The fraction of sp³-hybridized carbons (Fsp3) is 0.500. The van der Waals surface area contributed by atoms with Crippen molar-refractivity contribution in [3.8, 4) is 0 Å². The molecule has 1 aliphatic rings. The molecule has 28 heavy (non-hydrogen) atoms. The zero-order chi connectivity index (χ0) is 21.1. The molecule has 0 radical (unpaired) electrons. The van der Waals surface area contributed by atoms with E-state index >= 15 is 0 Å². The van der Waals surface area contributed by atoms with Gasteiger partial charge in [0.15, 0.2) is 6.10 Å². The molecule has 1 fully saturated rings. The number of nitrogens with zero attached hydrogens (tertiary/aromatic N) is 1. The minimum atomic E-state index is -1.00. The summed E-state index contributed by atoms with van der Waals surface area (Å²) in [7, 11) is 0. The third-order valence-corrected chi connectivity index (χ3v) is 4.51. The second-order valence-electron chi connectivity index (χ2n) is 7.66. The van der Waals surface area contributed by atoms with Crippen molar-refractivity contribution < 1.29 is 23.9 Å². The molecule has 0 unspecified atom stereocenters. The molecule has 1 aromatic carbocycles. The van der Waals surface area contributed by atoms with Crippen LogP contribution in [0.2, 0.25) is 0 Å². The van der Waals surface area contributed by atoms with Crippen LogP contribution in [0.3, 0.4) is 0 Å². The number of ether oxygens (including phenoxy) is 1. The second-order valence-corrected chi connectivity index (χ2v) is 7.66. The van der Waals surface area contributed by atoms with Crippen LogP contribution in [0.5, 0.6) is 0 Å². The summed E-state index contributed by atoms with van der Waals surface area (Å²) in [6.45, 7) is 8.70. The molecule has 0 bridgehead atoms. The van der Waals surface area contributed by atoms with E-state index in [1.54, 1.807) is 26.0 Å². The van der Waals surface area contributed by atoms with E-state index in [1.807, 2.05) is 12.1 Å². The number of carbonyl (C=O) groups excluding carboxylic acids is 4. The molecule has 152 valence electrons. The first-order valence-electron chi connectivity index (χ1n) is 9.25. The van der Waals surface area contributed by atoms with Crippen LogP contribution in [0.4, 0.5) is 10.5 Å². The maximum Gasteiger partial charge on any atom is 0.325 e. The van der Waals surface area contributed by atoms with Gasteiger partial charge in [0.05, 0.1) is 6.42 Å². The van der Waals surface area contributed by atoms with E-state index in [2.05, 4.69) is 24.5 Å². The maximum atomic E-state index is 12.2. The molecule has 8 nitrogen and oxygen atoms in total. The topological polar surface area (TPSA) is 105 Å². The van der Waals surface area contributed by atoms with Gasteiger partial charge in [-0.05, 0) is 44.4 Å². The predicted molar refractivity (Wildman–Crippen MR) is 104 cm³/mol. The molecular weight excluding hydrogens is 362 g/mol. The molecule has 0 aromatic heterocycles. The standard InChI is InChI=1S/C20H27N3O5/c1-12(2)14-6-8-15(9-7-14)21-17(25)13(3)28-16(24)10-11-23-18(26)20(4,5)22-19(23)27/h6-9,12-13H,10-11H2,1-5H3,(H,21,25)(H,22,27)/t13-/m0/s1. The zero-order valence-corrected chi connectivity index (χ0v) is 16.9. The van der Waals surface area contributed by atoms with E-state index in [0.29, 0.717) is 11.6 Å². The van der Waals surface area contributed by atoms with Gasteiger partial charge in [-0.25, -0.2) is 4.79 Å². The normalized spacial score (nSPS) is 16.7. The van der Waals surface area contributed by atoms with E-state index in [0.717, 1.165) is 10.5 Å². The molecule has 2 N–H and O–H groups in total. The molecular formula is C20H27N3O5. The summed E-state index contributed by atoms with van der Waals surface area (Å²) in [4.78, 5) is 49.0. The van der Waals surface area contributed by atoms with Crippen LogP contribution in [-0.2, 0) is 19.1 Å². The summed E-state index contributed by atoms with van der Waals surface area (Å²) in [5.41, 5.74) is 0.777. The Kier molecular flexibility index (Phi) is 6.43. The Balaban J connectivity index is 1.82. The van der Waals surface area contributed by atoms with E-state index in [1.165, 1.54) is 6.92 Å². The van der Waals surface area contributed by atoms with Gasteiger partial charge in [0.2, 0.25) is 0 Å². The molecule has 1 saturated heterocycles. The van der Waals surface area contributed by atoms with Crippen LogP contribution < -0.4 is 10.6 Å². The van der Waals surface area contributed by atoms with Crippen molar-refractivity contribution in [1.29, 1.82) is 0 Å². The molecule has 8 heteroatoms. The highest BCUT2D eigenvalue weighted by atomic mass is 16.5.